The van der Waals surface area contributed by atoms with Gasteiger partial charge in [0.25, 0.3) is 5.56 Å². The molecule has 0 fully saturated rings. The van der Waals surface area contributed by atoms with Crippen molar-refractivity contribution in [2.45, 2.75) is 13.5 Å². The molecule has 3 N–H and O–H groups in total. The number of aromatic amines is 1. The number of thiazole rings is 1. The molecule has 0 aromatic carbocycles. The van der Waals surface area contributed by atoms with Crippen LogP contribution in [-0.2, 0) is 6.54 Å². The number of aryl methyl sites for hydroxylation is 1. The van der Waals surface area contributed by atoms with Gasteiger partial charge in [0, 0.05) is 22.8 Å². The molecule has 84 valence electrons. The van der Waals surface area contributed by atoms with Crippen molar-refractivity contribution in [2.24, 2.45) is 0 Å². The molecule has 2 heterocycles. The Kier molecular flexibility index (Phi) is 2.61. The second-order valence-electron chi connectivity index (χ2n) is 3.36. The number of rotatable bonds is 2. The van der Waals surface area contributed by atoms with Gasteiger partial charge in [-0.2, -0.15) is 0 Å². The number of nitrogens with two attached hydrogens (primary N) is 1. The van der Waals surface area contributed by atoms with Crippen LogP contribution in [0.2, 0.25) is 0 Å². The number of hydrogen-bond donors (Lipinski definition) is 2. The highest BCUT2D eigenvalue weighted by molar-refractivity contribution is 7.15. The third kappa shape index (κ3) is 2.03. The number of hydrogen-bond acceptors (Lipinski definition) is 5. The minimum Gasteiger partial charge on any atom is -0.375 e. The molecule has 0 aliphatic carbocycles. The van der Waals surface area contributed by atoms with Crippen LogP contribution in [0, 0.1) is 6.92 Å². The van der Waals surface area contributed by atoms with E-state index in [1.165, 1.54) is 22.1 Å². The van der Waals surface area contributed by atoms with Crippen LogP contribution in [0.25, 0.3) is 0 Å². The molecular formula is C9H10N4O2S. The van der Waals surface area contributed by atoms with Gasteiger partial charge in [-0.15, -0.1) is 11.3 Å². The number of aromatic nitrogens is 3. The monoisotopic (exact) mass is 238 g/mol. The molecule has 0 bridgehead atoms. The highest BCUT2D eigenvalue weighted by Crippen LogP contribution is 2.14. The van der Waals surface area contributed by atoms with Gasteiger partial charge in [-0.25, -0.2) is 9.78 Å². The van der Waals surface area contributed by atoms with Gasteiger partial charge in [0.15, 0.2) is 5.13 Å². The number of nitrogens with one attached hydrogen (secondary N) is 1. The first-order valence-electron chi connectivity index (χ1n) is 4.57. The zero-order valence-electron chi connectivity index (χ0n) is 8.56. The summed E-state index contributed by atoms with van der Waals surface area (Å²) in [5.74, 6) is 0. The Morgan fingerprint density at radius 1 is 1.56 bits per heavy atom. The molecular weight excluding hydrogens is 228 g/mol. The van der Waals surface area contributed by atoms with Crippen molar-refractivity contribution >= 4 is 16.5 Å². The van der Waals surface area contributed by atoms with Crippen LogP contribution in [0.4, 0.5) is 5.13 Å². The highest BCUT2D eigenvalue weighted by Gasteiger charge is 2.04. The van der Waals surface area contributed by atoms with E-state index >= 15 is 0 Å². The highest BCUT2D eigenvalue weighted by atomic mass is 32.1. The topological polar surface area (TPSA) is 93.8 Å². The summed E-state index contributed by atoms with van der Waals surface area (Å²) in [6, 6.07) is 0. The van der Waals surface area contributed by atoms with Crippen molar-refractivity contribution in [3.8, 4) is 0 Å². The molecule has 7 heteroatoms. The minimum atomic E-state index is -0.428. The fraction of sp³-hybridized carbons (Fsp3) is 0.222. The van der Waals surface area contributed by atoms with Crippen molar-refractivity contribution in [1.82, 2.24) is 14.5 Å². The summed E-state index contributed by atoms with van der Waals surface area (Å²) < 4.78 is 1.42. The molecule has 0 radical (unpaired) electrons. The van der Waals surface area contributed by atoms with Crippen LogP contribution in [-0.4, -0.2) is 14.5 Å². The van der Waals surface area contributed by atoms with Crippen LogP contribution in [0.1, 0.15) is 10.4 Å². The lowest BCUT2D eigenvalue weighted by Gasteiger charge is -2.02. The Bertz CT molecular complexity index is 625. The van der Waals surface area contributed by atoms with E-state index in [9.17, 15) is 9.59 Å². The first-order valence-corrected chi connectivity index (χ1v) is 5.38. The van der Waals surface area contributed by atoms with Crippen LogP contribution in [0.5, 0.6) is 0 Å². The van der Waals surface area contributed by atoms with Crippen LogP contribution in [0.3, 0.4) is 0 Å². The van der Waals surface area contributed by atoms with Gasteiger partial charge in [0.1, 0.15) is 0 Å². The Hall–Kier alpha value is -1.89. The van der Waals surface area contributed by atoms with Crippen molar-refractivity contribution in [1.29, 1.82) is 0 Å². The Labute approximate surface area is 94.4 Å². The Morgan fingerprint density at radius 2 is 2.31 bits per heavy atom. The lowest BCUT2D eigenvalue weighted by Crippen LogP contribution is -2.30. The van der Waals surface area contributed by atoms with Crippen LogP contribution >= 0.6 is 11.3 Å². The normalized spacial score (nSPS) is 10.6. The first kappa shape index (κ1) is 10.6. The smallest absolute Gasteiger partial charge is 0.328 e. The zero-order chi connectivity index (χ0) is 11.7. The molecule has 0 spiro atoms. The molecule has 0 aliphatic rings. The minimum absolute atomic E-state index is 0.356. The molecule has 16 heavy (non-hydrogen) atoms. The summed E-state index contributed by atoms with van der Waals surface area (Å²) in [6.45, 7) is 2.02. The van der Waals surface area contributed by atoms with Gasteiger partial charge in [-0.3, -0.25) is 14.3 Å². The molecule has 2 rings (SSSR count). The third-order valence-electron chi connectivity index (χ3n) is 2.09. The lowest BCUT2D eigenvalue weighted by atomic mass is 10.4. The van der Waals surface area contributed by atoms with E-state index in [4.69, 9.17) is 5.73 Å². The van der Waals surface area contributed by atoms with Gasteiger partial charge in [-0.1, -0.05) is 0 Å². The summed E-state index contributed by atoms with van der Waals surface area (Å²) in [7, 11) is 0. The molecule has 0 aliphatic heterocycles. The van der Waals surface area contributed by atoms with Gasteiger partial charge >= 0.3 is 5.69 Å². The average Bonchev–Trinajstić information content (AvgIpc) is 2.60. The average molecular weight is 238 g/mol. The summed E-state index contributed by atoms with van der Waals surface area (Å²) in [4.78, 5) is 29.6. The molecule has 0 unspecified atom stereocenters. The van der Waals surface area contributed by atoms with Crippen molar-refractivity contribution in [3.05, 3.63) is 43.7 Å². The van der Waals surface area contributed by atoms with E-state index in [0.717, 1.165) is 4.88 Å². The summed E-state index contributed by atoms with van der Waals surface area (Å²) in [6.07, 6.45) is 3.14. The standard InChI is InChI=1S/C9H10N4O2S/c1-5-3-13(9(15)12-7(5)14)4-6-2-11-8(10)16-6/h2-3H,4H2,1H3,(H2,10,11)(H,12,14,15). The van der Waals surface area contributed by atoms with E-state index in [1.54, 1.807) is 13.1 Å². The third-order valence-corrected chi connectivity index (χ3v) is 2.90. The van der Waals surface area contributed by atoms with E-state index in [0.29, 0.717) is 17.2 Å². The van der Waals surface area contributed by atoms with Gasteiger partial charge in [0.05, 0.1) is 6.54 Å². The van der Waals surface area contributed by atoms with Crippen molar-refractivity contribution in [3.63, 3.8) is 0 Å². The van der Waals surface area contributed by atoms with E-state index in [2.05, 4.69) is 9.97 Å². The van der Waals surface area contributed by atoms with Crippen LogP contribution in [0.15, 0.2) is 22.0 Å². The van der Waals surface area contributed by atoms with Crippen LogP contribution < -0.4 is 17.0 Å². The number of anilines is 1. The number of nitrogen functional groups attached to an aromatic ring is 1. The molecule has 2 aromatic heterocycles. The predicted molar refractivity (Wildman–Crippen MR) is 61.7 cm³/mol. The summed E-state index contributed by atoms with van der Waals surface area (Å²) >= 11 is 1.32. The maximum Gasteiger partial charge on any atom is 0.328 e. The second kappa shape index (κ2) is 3.93. The molecule has 2 aromatic rings. The largest absolute Gasteiger partial charge is 0.375 e. The maximum absolute atomic E-state index is 11.5. The SMILES string of the molecule is Cc1cn(Cc2cnc(N)s2)c(=O)[nH]c1=O. The van der Waals surface area contributed by atoms with Gasteiger partial charge in [0.2, 0.25) is 0 Å². The fourth-order valence-corrected chi connectivity index (χ4v) is 1.98. The predicted octanol–water partition coefficient (Wildman–Crippen LogP) is -0.0680. The van der Waals surface area contributed by atoms with Crippen molar-refractivity contribution in [2.75, 3.05) is 5.73 Å². The molecule has 0 atom stereocenters. The number of H-pyrrole nitrogens is 1. The van der Waals surface area contributed by atoms with Gasteiger partial charge in [-0.05, 0) is 6.92 Å². The maximum atomic E-state index is 11.5. The van der Waals surface area contributed by atoms with E-state index < -0.39 is 5.69 Å². The summed E-state index contributed by atoms with van der Waals surface area (Å²) in [5, 5.41) is 0.462. The Morgan fingerprint density at radius 3 is 2.94 bits per heavy atom. The lowest BCUT2D eigenvalue weighted by molar-refractivity contribution is 0.720. The van der Waals surface area contributed by atoms with Crippen molar-refractivity contribution < 1.29 is 0 Å². The fourth-order valence-electron chi connectivity index (χ4n) is 1.30. The molecule has 0 saturated heterocycles. The molecule has 0 amide bonds. The zero-order valence-corrected chi connectivity index (χ0v) is 9.37. The second-order valence-corrected chi connectivity index (χ2v) is 4.51. The Balaban J connectivity index is 2.39. The first-order chi connectivity index (χ1) is 7.56. The molecule has 0 saturated carbocycles. The van der Waals surface area contributed by atoms with Gasteiger partial charge < -0.3 is 5.73 Å². The van der Waals surface area contributed by atoms with E-state index in [-0.39, 0.29) is 5.56 Å². The number of nitrogens with zero attached hydrogens (tertiary/aromatic N) is 2. The quantitative estimate of drug-likeness (QED) is 0.766. The summed E-state index contributed by atoms with van der Waals surface area (Å²) in [5.41, 5.74) is 5.20. The molecule has 6 nitrogen and oxygen atoms in total. The van der Waals surface area contributed by atoms with E-state index in [1.807, 2.05) is 0 Å².